The molecule has 3 N–H and O–H groups in total. The molecular formula is C17H27N3O. The van der Waals surface area contributed by atoms with Gasteiger partial charge in [-0.1, -0.05) is 40.5 Å². The molecule has 1 heterocycles. The van der Waals surface area contributed by atoms with Crippen molar-refractivity contribution in [2.45, 2.75) is 58.8 Å². The van der Waals surface area contributed by atoms with Crippen molar-refractivity contribution < 1.29 is 4.79 Å². The van der Waals surface area contributed by atoms with Crippen molar-refractivity contribution in [3.8, 4) is 0 Å². The Labute approximate surface area is 127 Å². The molecule has 0 aromatic carbocycles. The van der Waals surface area contributed by atoms with Gasteiger partial charge in [0.25, 0.3) is 5.91 Å². The molecule has 0 radical (unpaired) electrons. The van der Waals surface area contributed by atoms with Gasteiger partial charge in [0.1, 0.15) is 5.82 Å². The van der Waals surface area contributed by atoms with Crippen LogP contribution in [-0.2, 0) is 5.41 Å². The lowest BCUT2D eigenvalue weighted by atomic mass is 9.88. The normalized spacial score (nSPS) is 17.7. The molecule has 4 heteroatoms. The van der Waals surface area contributed by atoms with Gasteiger partial charge in [-0.15, -0.1) is 0 Å². The molecule has 4 nitrogen and oxygen atoms in total. The van der Waals surface area contributed by atoms with Crippen molar-refractivity contribution in [3.05, 3.63) is 23.4 Å². The molecule has 1 aromatic rings. The Morgan fingerprint density at radius 3 is 2.52 bits per heavy atom. The van der Waals surface area contributed by atoms with Crippen LogP contribution in [0.5, 0.6) is 0 Å². The van der Waals surface area contributed by atoms with E-state index >= 15 is 0 Å². The SMILES string of the molecule is CC1(CNC(=O)c2cc(N)nc(C(C)(C)C)c2)CCCC1. The molecule has 1 saturated carbocycles. The molecule has 0 atom stereocenters. The summed E-state index contributed by atoms with van der Waals surface area (Å²) in [6, 6.07) is 3.50. The van der Waals surface area contributed by atoms with Crippen molar-refractivity contribution in [2.24, 2.45) is 5.41 Å². The second kappa shape index (κ2) is 5.66. The summed E-state index contributed by atoms with van der Waals surface area (Å²) in [6.45, 7) is 9.18. The summed E-state index contributed by atoms with van der Waals surface area (Å²) in [4.78, 5) is 16.7. The van der Waals surface area contributed by atoms with E-state index in [1.165, 1.54) is 25.7 Å². The molecule has 0 spiro atoms. The summed E-state index contributed by atoms with van der Waals surface area (Å²) < 4.78 is 0. The molecule has 0 unspecified atom stereocenters. The fourth-order valence-corrected chi connectivity index (χ4v) is 2.87. The maximum atomic E-state index is 12.4. The number of aromatic nitrogens is 1. The van der Waals surface area contributed by atoms with Crippen LogP contribution in [0, 0.1) is 5.41 Å². The van der Waals surface area contributed by atoms with Crippen LogP contribution < -0.4 is 11.1 Å². The van der Waals surface area contributed by atoms with Crippen LogP contribution >= 0.6 is 0 Å². The highest BCUT2D eigenvalue weighted by Crippen LogP contribution is 2.36. The van der Waals surface area contributed by atoms with E-state index in [0.29, 0.717) is 11.4 Å². The Bertz CT molecular complexity index is 525. The minimum Gasteiger partial charge on any atom is -0.384 e. The maximum absolute atomic E-state index is 12.4. The summed E-state index contributed by atoms with van der Waals surface area (Å²) in [6.07, 6.45) is 4.92. The van der Waals surface area contributed by atoms with Gasteiger partial charge < -0.3 is 11.1 Å². The zero-order valence-corrected chi connectivity index (χ0v) is 13.6. The highest BCUT2D eigenvalue weighted by Gasteiger charge is 2.29. The molecule has 116 valence electrons. The van der Waals surface area contributed by atoms with Gasteiger partial charge in [-0.25, -0.2) is 4.98 Å². The first-order chi connectivity index (χ1) is 9.70. The van der Waals surface area contributed by atoms with E-state index < -0.39 is 0 Å². The number of carbonyl (C=O) groups is 1. The van der Waals surface area contributed by atoms with Gasteiger partial charge in [0.2, 0.25) is 0 Å². The van der Waals surface area contributed by atoms with Crippen molar-refractivity contribution in [2.75, 3.05) is 12.3 Å². The summed E-state index contributed by atoms with van der Waals surface area (Å²) in [5, 5.41) is 3.07. The van der Waals surface area contributed by atoms with Crippen molar-refractivity contribution in [1.82, 2.24) is 10.3 Å². The van der Waals surface area contributed by atoms with E-state index in [1.54, 1.807) is 6.07 Å². The fraction of sp³-hybridized carbons (Fsp3) is 0.647. The minimum absolute atomic E-state index is 0.0530. The number of nitrogens with one attached hydrogen (secondary N) is 1. The van der Waals surface area contributed by atoms with Gasteiger partial charge in [-0.2, -0.15) is 0 Å². The number of nitrogens with two attached hydrogens (primary N) is 1. The minimum atomic E-state index is -0.123. The summed E-state index contributed by atoms with van der Waals surface area (Å²) in [5.41, 5.74) is 7.43. The summed E-state index contributed by atoms with van der Waals surface area (Å²) >= 11 is 0. The van der Waals surface area contributed by atoms with Gasteiger partial charge in [-0.3, -0.25) is 4.79 Å². The lowest BCUT2D eigenvalue weighted by Crippen LogP contribution is -2.34. The molecule has 2 rings (SSSR count). The Morgan fingerprint density at radius 2 is 1.95 bits per heavy atom. The number of amides is 1. The van der Waals surface area contributed by atoms with Crippen LogP contribution in [0.2, 0.25) is 0 Å². The summed E-state index contributed by atoms with van der Waals surface area (Å²) in [5.74, 6) is 0.349. The van der Waals surface area contributed by atoms with Gasteiger partial charge in [0.05, 0.1) is 0 Å². The number of rotatable bonds is 3. The van der Waals surface area contributed by atoms with Crippen molar-refractivity contribution in [1.29, 1.82) is 0 Å². The quantitative estimate of drug-likeness (QED) is 0.897. The van der Waals surface area contributed by atoms with E-state index in [4.69, 9.17) is 5.73 Å². The monoisotopic (exact) mass is 289 g/mol. The molecule has 1 amide bonds. The number of pyridine rings is 1. The van der Waals surface area contributed by atoms with E-state index in [-0.39, 0.29) is 16.7 Å². The third kappa shape index (κ3) is 3.96. The molecular weight excluding hydrogens is 262 g/mol. The first-order valence-corrected chi connectivity index (χ1v) is 7.76. The first kappa shape index (κ1) is 15.8. The molecule has 1 fully saturated rings. The van der Waals surface area contributed by atoms with Gasteiger partial charge in [-0.05, 0) is 30.4 Å². The first-order valence-electron chi connectivity index (χ1n) is 7.76. The predicted molar refractivity (Wildman–Crippen MR) is 86.3 cm³/mol. The largest absolute Gasteiger partial charge is 0.384 e. The van der Waals surface area contributed by atoms with Gasteiger partial charge >= 0.3 is 0 Å². The highest BCUT2D eigenvalue weighted by molar-refractivity contribution is 5.95. The summed E-state index contributed by atoms with van der Waals surface area (Å²) in [7, 11) is 0. The number of nitrogens with zero attached hydrogens (tertiary/aromatic N) is 1. The number of carbonyl (C=O) groups excluding carboxylic acids is 1. The zero-order chi connectivity index (χ0) is 15.7. The molecule has 1 aromatic heterocycles. The van der Waals surface area contributed by atoms with Crippen molar-refractivity contribution >= 4 is 11.7 Å². The number of anilines is 1. The second-order valence-electron chi connectivity index (χ2n) is 7.62. The average Bonchev–Trinajstić information content (AvgIpc) is 2.82. The number of hydrogen-bond acceptors (Lipinski definition) is 3. The predicted octanol–water partition coefficient (Wildman–Crippen LogP) is 3.27. The van der Waals surface area contributed by atoms with Crippen LogP contribution in [0.3, 0.4) is 0 Å². The standard InChI is InChI=1S/C17H27N3O/c1-16(2,3)13-9-12(10-14(18)20-13)15(21)19-11-17(4)7-5-6-8-17/h9-10H,5-8,11H2,1-4H3,(H2,18,20)(H,19,21). The Morgan fingerprint density at radius 1 is 1.33 bits per heavy atom. The van der Waals surface area contributed by atoms with Crippen LogP contribution in [0.15, 0.2) is 12.1 Å². The molecule has 1 aliphatic carbocycles. The van der Waals surface area contributed by atoms with E-state index in [9.17, 15) is 4.79 Å². The third-order valence-electron chi connectivity index (χ3n) is 4.36. The van der Waals surface area contributed by atoms with Crippen LogP contribution in [0.25, 0.3) is 0 Å². The molecule has 0 bridgehead atoms. The lowest BCUT2D eigenvalue weighted by Gasteiger charge is -2.24. The topological polar surface area (TPSA) is 68.0 Å². The van der Waals surface area contributed by atoms with E-state index in [1.807, 2.05) is 6.07 Å². The van der Waals surface area contributed by atoms with Gasteiger partial charge in [0.15, 0.2) is 0 Å². The Hall–Kier alpha value is -1.58. The smallest absolute Gasteiger partial charge is 0.251 e. The molecule has 0 aliphatic heterocycles. The fourth-order valence-electron chi connectivity index (χ4n) is 2.87. The Kier molecular flexibility index (Phi) is 4.26. The third-order valence-corrected chi connectivity index (χ3v) is 4.36. The average molecular weight is 289 g/mol. The van der Waals surface area contributed by atoms with E-state index in [0.717, 1.165) is 12.2 Å². The maximum Gasteiger partial charge on any atom is 0.251 e. The van der Waals surface area contributed by atoms with Crippen LogP contribution in [0.1, 0.15) is 69.4 Å². The van der Waals surface area contributed by atoms with Crippen molar-refractivity contribution in [3.63, 3.8) is 0 Å². The second-order valence-corrected chi connectivity index (χ2v) is 7.62. The molecule has 0 saturated heterocycles. The van der Waals surface area contributed by atoms with Crippen LogP contribution in [-0.4, -0.2) is 17.4 Å². The zero-order valence-electron chi connectivity index (χ0n) is 13.6. The van der Waals surface area contributed by atoms with Gasteiger partial charge in [0, 0.05) is 23.2 Å². The van der Waals surface area contributed by atoms with Crippen LogP contribution in [0.4, 0.5) is 5.82 Å². The Balaban J connectivity index is 2.10. The number of nitrogen functional groups attached to an aromatic ring is 1. The molecule has 21 heavy (non-hydrogen) atoms. The van der Waals surface area contributed by atoms with E-state index in [2.05, 4.69) is 38.0 Å². The number of hydrogen-bond donors (Lipinski definition) is 2. The highest BCUT2D eigenvalue weighted by atomic mass is 16.1. The molecule has 1 aliphatic rings. The lowest BCUT2D eigenvalue weighted by molar-refractivity contribution is 0.0934.